The number of hydrogen-bond acceptors (Lipinski definition) is 5. The van der Waals surface area contributed by atoms with Gasteiger partial charge in [-0.1, -0.05) is 12.1 Å². The van der Waals surface area contributed by atoms with Crippen molar-refractivity contribution in [3.8, 4) is 11.6 Å². The summed E-state index contributed by atoms with van der Waals surface area (Å²) < 4.78 is 10.5. The van der Waals surface area contributed by atoms with E-state index >= 15 is 0 Å². The van der Waals surface area contributed by atoms with Gasteiger partial charge >= 0.3 is 0 Å². The monoisotopic (exact) mass is 247 g/mol. The highest BCUT2D eigenvalue weighted by Crippen LogP contribution is 2.19. The van der Waals surface area contributed by atoms with Crippen LogP contribution >= 0.6 is 0 Å². The molecule has 2 aromatic rings. The third kappa shape index (κ3) is 2.46. The second-order valence-corrected chi connectivity index (χ2v) is 4.97. The first-order valence-electron chi connectivity index (χ1n) is 6.40. The molecule has 5 nitrogen and oxygen atoms in total. The fourth-order valence-corrected chi connectivity index (χ4v) is 2.45. The van der Waals surface area contributed by atoms with Crippen LogP contribution in [-0.4, -0.2) is 28.1 Å². The number of aromatic nitrogens is 2. The van der Waals surface area contributed by atoms with Crippen molar-refractivity contribution in [3.63, 3.8) is 0 Å². The minimum Gasteiger partial charge on any atom is -0.461 e. The van der Waals surface area contributed by atoms with Gasteiger partial charge < -0.3 is 8.94 Å². The van der Waals surface area contributed by atoms with E-state index in [9.17, 15) is 0 Å². The highest BCUT2D eigenvalue weighted by Gasteiger charge is 2.19. The Balaban J connectivity index is 1.66. The summed E-state index contributed by atoms with van der Waals surface area (Å²) in [6.07, 6.45) is 4.18. The highest BCUT2D eigenvalue weighted by molar-refractivity contribution is 5.44. The summed E-state index contributed by atoms with van der Waals surface area (Å²) in [5.41, 5.74) is 0. The van der Waals surface area contributed by atoms with Crippen LogP contribution in [0.25, 0.3) is 11.6 Å². The van der Waals surface area contributed by atoms with Gasteiger partial charge in [0.15, 0.2) is 5.76 Å². The lowest BCUT2D eigenvalue weighted by molar-refractivity contribution is 0.157. The lowest BCUT2D eigenvalue weighted by Crippen LogP contribution is -2.33. The molecule has 96 valence electrons. The fourth-order valence-electron chi connectivity index (χ4n) is 2.45. The SMILES string of the molecule is CC1CCCN(Cc2nc(-c3ccco3)no2)C1. The van der Waals surface area contributed by atoms with Crippen LogP contribution in [0.2, 0.25) is 0 Å². The summed E-state index contributed by atoms with van der Waals surface area (Å²) in [6, 6.07) is 3.65. The Morgan fingerprint density at radius 3 is 3.22 bits per heavy atom. The van der Waals surface area contributed by atoms with Crippen LogP contribution < -0.4 is 0 Å². The molecule has 0 N–H and O–H groups in total. The quantitative estimate of drug-likeness (QED) is 0.834. The number of piperidine rings is 1. The lowest BCUT2D eigenvalue weighted by Gasteiger charge is -2.29. The van der Waals surface area contributed by atoms with E-state index in [2.05, 4.69) is 22.0 Å². The van der Waals surface area contributed by atoms with Crippen molar-refractivity contribution in [2.75, 3.05) is 13.1 Å². The molecule has 1 saturated heterocycles. The van der Waals surface area contributed by atoms with Crippen LogP contribution in [0.1, 0.15) is 25.7 Å². The predicted molar refractivity (Wildman–Crippen MR) is 65.7 cm³/mol. The van der Waals surface area contributed by atoms with E-state index < -0.39 is 0 Å². The summed E-state index contributed by atoms with van der Waals surface area (Å²) >= 11 is 0. The second kappa shape index (κ2) is 4.94. The van der Waals surface area contributed by atoms with E-state index in [4.69, 9.17) is 8.94 Å². The van der Waals surface area contributed by atoms with Crippen LogP contribution in [-0.2, 0) is 6.54 Å². The smallest absolute Gasteiger partial charge is 0.241 e. The maximum absolute atomic E-state index is 5.26. The molecule has 2 aromatic heterocycles. The molecule has 1 atom stereocenters. The van der Waals surface area contributed by atoms with Gasteiger partial charge in [0.1, 0.15) is 0 Å². The van der Waals surface area contributed by atoms with Gasteiger partial charge in [-0.15, -0.1) is 0 Å². The standard InChI is InChI=1S/C13H17N3O2/c1-10-4-2-6-16(8-10)9-12-14-13(15-18-12)11-5-3-7-17-11/h3,5,7,10H,2,4,6,8-9H2,1H3. The summed E-state index contributed by atoms with van der Waals surface area (Å²) in [7, 11) is 0. The van der Waals surface area contributed by atoms with E-state index in [-0.39, 0.29) is 0 Å². The molecule has 1 aliphatic heterocycles. The van der Waals surface area contributed by atoms with Crippen molar-refractivity contribution < 1.29 is 8.94 Å². The lowest BCUT2D eigenvalue weighted by atomic mass is 10.0. The molecule has 5 heteroatoms. The van der Waals surface area contributed by atoms with Crippen molar-refractivity contribution in [1.29, 1.82) is 0 Å². The van der Waals surface area contributed by atoms with Gasteiger partial charge in [0, 0.05) is 6.54 Å². The third-order valence-electron chi connectivity index (χ3n) is 3.31. The molecule has 0 bridgehead atoms. The predicted octanol–water partition coefficient (Wildman–Crippen LogP) is 2.56. The van der Waals surface area contributed by atoms with Crippen molar-refractivity contribution in [2.24, 2.45) is 5.92 Å². The van der Waals surface area contributed by atoms with Gasteiger partial charge in [0.2, 0.25) is 11.7 Å². The molecule has 0 aromatic carbocycles. The molecule has 3 rings (SSSR count). The molecule has 0 spiro atoms. The van der Waals surface area contributed by atoms with Crippen molar-refractivity contribution in [2.45, 2.75) is 26.3 Å². The highest BCUT2D eigenvalue weighted by atomic mass is 16.5. The van der Waals surface area contributed by atoms with E-state index in [1.807, 2.05) is 12.1 Å². The Bertz CT molecular complexity index is 492. The average Bonchev–Trinajstić information content (AvgIpc) is 2.98. The molecule has 0 radical (unpaired) electrons. The van der Waals surface area contributed by atoms with Crippen LogP contribution in [0.4, 0.5) is 0 Å². The van der Waals surface area contributed by atoms with Crippen LogP contribution in [0.3, 0.4) is 0 Å². The van der Waals surface area contributed by atoms with E-state index in [1.54, 1.807) is 6.26 Å². The van der Waals surface area contributed by atoms with E-state index in [1.165, 1.54) is 12.8 Å². The van der Waals surface area contributed by atoms with Gasteiger partial charge in [-0.2, -0.15) is 4.98 Å². The first-order chi connectivity index (χ1) is 8.81. The maximum Gasteiger partial charge on any atom is 0.241 e. The van der Waals surface area contributed by atoms with Crippen molar-refractivity contribution in [3.05, 3.63) is 24.3 Å². The second-order valence-electron chi connectivity index (χ2n) is 4.97. The molecular weight excluding hydrogens is 230 g/mol. The Morgan fingerprint density at radius 1 is 1.50 bits per heavy atom. The average molecular weight is 247 g/mol. The molecule has 0 amide bonds. The molecule has 0 saturated carbocycles. The molecule has 1 fully saturated rings. The Kier molecular flexibility index (Phi) is 3.15. The zero-order chi connectivity index (χ0) is 12.4. The molecule has 18 heavy (non-hydrogen) atoms. The zero-order valence-electron chi connectivity index (χ0n) is 10.5. The Hall–Kier alpha value is -1.62. The van der Waals surface area contributed by atoms with Crippen molar-refractivity contribution in [1.82, 2.24) is 15.0 Å². The van der Waals surface area contributed by atoms with Gasteiger partial charge in [0.25, 0.3) is 0 Å². The van der Waals surface area contributed by atoms with Crippen LogP contribution in [0.15, 0.2) is 27.3 Å². The van der Waals surface area contributed by atoms with Crippen LogP contribution in [0.5, 0.6) is 0 Å². The first kappa shape index (κ1) is 11.5. The number of rotatable bonds is 3. The van der Waals surface area contributed by atoms with Gasteiger partial charge in [-0.3, -0.25) is 4.90 Å². The van der Waals surface area contributed by atoms with Gasteiger partial charge in [0.05, 0.1) is 12.8 Å². The van der Waals surface area contributed by atoms with Crippen LogP contribution in [0, 0.1) is 5.92 Å². The zero-order valence-corrected chi connectivity index (χ0v) is 10.5. The molecule has 1 aliphatic rings. The number of furan rings is 1. The topological polar surface area (TPSA) is 55.3 Å². The van der Waals surface area contributed by atoms with Gasteiger partial charge in [-0.05, 0) is 37.4 Å². The fraction of sp³-hybridized carbons (Fsp3) is 0.538. The van der Waals surface area contributed by atoms with Crippen molar-refractivity contribution >= 4 is 0 Å². The molecule has 3 heterocycles. The Morgan fingerprint density at radius 2 is 2.44 bits per heavy atom. The van der Waals surface area contributed by atoms with Gasteiger partial charge in [-0.25, -0.2) is 0 Å². The number of nitrogens with zero attached hydrogens (tertiary/aromatic N) is 3. The Labute approximate surface area is 106 Å². The molecule has 0 aliphatic carbocycles. The van der Waals surface area contributed by atoms with E-state index in [0.717, 1.165) is 25.6 Å². The van der Waals surface area contributed by atoms with E-state index in [0.29, 0.717) is 17.5 Å². The minimum absolute atomic E-state index is 0.528. The summed E-state index contributed by atoms with van der Waals surface area (Å²) in [6.45, 7) is 5.24. The summed E-state index contributed by atoms with van der Waals surface area (Å²) in [5.74, 6) is 2.60. The third-order valence-corrected chi connectivity index (χ3v) is 3.31. The maximum atomic E-state index is 5.26. The first-order valence-corrected chi connectivity index (χ1v) is 6.40. The number of likely N-dealkylation sites (tertiary alicyclic amines) is 1. The number of hydrogen-bond donors (Lipinski definition) is 0. The summed E-state index contributed by atoms with van der Waals surface area (Å²) in [5, 5.41) is 3.94. The largest absolute Gasteiger partial charge is 0.461 e. The normalized spacial score (nSPS) is 21.3. The molecule has 1 unspecified atom stereocenters. The molecular formula is C13H17N3O2. The summed E-state index contributed by atoms with van der Waals surface area (Å²) in [4.78, 5) is 6.73. The minimum atomic E-state index is 0.528.